The van der Waals surface area contributed by atoms with Gasteiger partial charge < -0.3 is 14.2 Å². The Morgan fingerprint density at radius 1 is 0.829 bits per heavy atom. The van der Waals surface area contributed by atoms with Crippen LogP contribution in [0.1, 0.15) is 27.2 Å². The molecule has 0 bridgehead atoms. The van der Waals surface area contributed by atoms with Gasteiger partial charge in [0.2, 0.25) is 17.7 Å². The number of aromatic nitrogens is 3. The first-order valence-electron chi connectivity index (χ1n) is 11.4. The van der Waals surface area contributed by atoms with Crippen LogP contribution in [0.5, 0.6) is 0 Å². The third-order valence-corrected chi connectivity index (χ3v) is 5.71. The van der Waals surface area contributed by atoms with Gasteiger partial charge in [0.05, 0.1) is 5.69 Å². The highest BCUT2D eigenvalue weighted by Crippen LogP contribution is 2.26. The predicted molar refractivity (Wildman–Crippen MR) is 133 cm³/mol. The van der Waals surface area contributed by atoms with E-state index in [0.717, 1.165) is 27.9 Å². The highest BCUT2D eigenvalue weighted by Gasteiger charge is 2.13. The summed E-state index contributed by atoms with van der Waals surface area (Å²) in [6, 6.07) is 22.9. The lowest BCUT2D eigenvalue weighted by atomic mass is 10.1. The Morgan fingerprint density at radius 2 is 1.51 bits per heavy atom. The number of hydrogen-bond donors (Lipinski definition) is 1. The molecule has 0 aliphatic carbocycles. The van der Waals surface area contributed by atoms with Crippen molar-refractivity contribution >= 4 is 5.91 Å². The van der Waals surface area contributed by atoms with E-state index in [2.05, 4.69) is 20.5 Å². The number of hydrogen-bond acceptors (Lipinski definition) is 6. The third kappa shape index (κ3) is 5.04. The van der Waals surface area contributed by atoms with E-state index in [-0.39, 0.29) is 5.91 Å². The lowest BCUT2D eigenvalue weighted by molar-refractivity contribution is 0.0954. The average molecular weight is 465 g/mol. The molecule has 174 valence electrons. The predicted octanol–water partition coefficient (Wildman–Crippen LogP) is 5.65. The lowest BCUT2D eigenvalue weighted by Crippen LogP contribution is -2.25. The van der Waals surface area contributed by atoms with Gasteiger partial charge in [-0.25, -0.2) is 4.98 Å². The molecule has 1 amide bonds. The molecule has 1 N–H and O–H groups in total. The van der Waals surface area contributed by atoms with E-state index in [1.165, 1.54) is 5.56 Å². The zero-order valence-corrected chi connectivity index (χ0v) is 19.5. The Balaban J connectivity index is 1.17. The van der Waals surface area contributed by atoms with Crippen LogP contribution in [0.4, 0.5) is 0 Å². The molecule has 5 rings (SSSR count). The summed E-state index contributed by atoms with van der Waals surface area (Å²) in [4.78, 5) is 17.1. The van der Waals surface area contributed by atoms with Gasteiger partial charge >= 0.3 is 0 Å². The first-order valence-corrected chi connectivity index (χ1v) is 11.4. The van der Waals surface area contributed by atoms with E-state index in [1.54, 1.807) is 30.5 Å². The summed E-state index contributed by atoms with van der Waals surface area (Å²) in [5, 5.41) is 11.2. The minimum atomic E-state index is -0.162. The Labute approximate surface area is 202 Å². The van der Waals surface area contributed by atoms with Gasteiger partial charge in [-0.05, 0) is 61.9 Å². The normalized spacial score (nSPS) is 10.9. The number of amides is 1. The van der Waals surface area contributed by atoms with Crippen LogP contribution in [0.25, 0.3) is 34.4 Å². The molecule has 7 nitrogen and oxygen atoms in total. The fourth-order valence-electron chi connectivity index (χ4n) is 3.68. The second kappa shape index (κ2) is 9.77. The number of carbonyl (C=O) groups is 1. The molecule has 0 aliphatic rings. The summed E-state index contributed by atoms with van der Waals surface area (Å²) < 4.78 is 11.4. The van der Waals surface area contributed by atoms with Crippen LogP contribution < -0.4 is 5.32 Å². The van der Waals surface area contributed by atoms with Gasteiger partial charge in [-0.1, -0.05) is 35.9 Å². The van der Waals surface area contributed by atoms with Gasteiger partial charge in [0.15, 0.2) is 0 Å². The number of carbonyl (C=O) groups excluding carboxylic acids is 1. The molecule has 0 saturated heterocycles. The number of nitrogens with zero attached hydrogens (tertiary/aromatic N) is 3. The Kier molecular flexibility index (Phi) is 6.22. The molecule has 0 spiro atoms. The van der Waals surface area contributed by atoms with E-state index in [1.807, 2.05) is 62.4 Å². The van der Waals surface area contributed by atoms with Crippen LogP contribution in [0.2, 0.25) is 0 Å². The molecule has 0 atom stereocenters. The quantitative estimate of drug-likeness (QED) is 0.335. The molecule has 0 saturated carbocycles. The minimum Gasteiger partial charge on any atom is -0.444 e. The molecule has 7 heteroatoms. The van der Waals surface area contributed by atoms with Crippen molar-refractivity contribution in [2.24, 2.45) is 0 Å². The summed E-state index contributed by atoms with van der Waals surface area (Å²) in [6.45, 7) is 4.48. The van der Waals surface area contributed by atoms with Crippen LogP contribution in [-0.2, 0) is 6.42 Å². The summed E-state index contributed by atoms with van der Waals surface area (Å²) in [7, 11) is 0. The van der Waals surface area contributed by atoms with Crippen LogP contribution >= 0.6 is 0 Å². The third-order valence-electron chi connectivity index (χ3n) is 5.71. The van der Waals surface area contributed by atoms with E-state index in [4.69, 9.17) is 8.83 Å². The first-order chi connectivity index (χ1) is 17.1. The lowest BCUT2D eigenvalue weighted by Gasteiger charge is -2.04. The van der Waals surface area contributed by atoms with E-state index >= 15 is 0 Å². The molecule has 2 aromatic heterocycles. The second-order valence-corrected chi connectivity index (χ2v) is 8.32. The monoisotopic (exact) mass is 464 g/mol. The Bertz CT molecular complexity index is 1450. The fourth-order valence-corrected chi connectivity index (χ4v) is 3.68. The Hall–Kier alpha value is -4.52. The molecule has 2 heterocycles. The zero-order chi connectivity index (χ0) is 24.2. The largest absolute Gasteiger partial charge is 0.444 e. The van der Waals surface area contributed by atoms with Crippen molar-refractivity contribution in [3.63, 3.8) is 0 Å². The molecule has 35 heavy (non-hydrogen) atoms. The Morgan fingerprint density at radius 3 is 2.29 bits per heavy atom. The average Bonchev–Trinajstić information content (AvgIpc) is 3.55. The fraction of sp³-hybridized carbons (Fsp3) is 0.143. The maximum absolute atomic E-state index is 12.6. The molecule has 3 aromatic carbocycles. The number of benzene rings is 3. The van der Waals surface area contributed by atoms with Gasteiger partial charge in [-0.3, -0.25) is 4.79 Å². The summed E-state index contributed by atoms with van der Waals surface area (Å²) >= 11 is 0. The SMILES string of the molecule is Cc1ccc(-c2nc(CCNC(=O)c3ccc(-c4nnc(-c5ccccc5C)o4)cc3)co2)cc1. The van der Waals surface area contributed by atoms with E-state index in [9.17, 15) is 4.79 Å². The summed E-state index contributed by atoms with van der Waals surface area (Å²) in [5.74, 6) is 1.29. The van der Waals surface area contributed by atoms with Gasteiger partial charge in [-0.15, -0.1) is 10.2 Å². The maximum atomic E-state index is 12.6. The summed E-state index contributed by atoms with van der Waals surface area (Å²) in [5.41, 5.74) is 6.16. The highest BCUT2D eigenvalue weighted by molar-refractivity contribution is 5.94. The van der Waals surface area contributed by atoms with Crippen LogP contribution in [0, 0.1) is 13.8 Å². The van der Waals surface area contributed by atoms with Gasteiger partial charge in [0.1, 0.15) is 6.26 Å². The topological polar surface area (TPSA) is 94.1 Å². The molecule has 0 aliphatic heterocycles. The van der Waals surface area contributed by atoms with Gasteiger partial charge in [0.25, 0.3) is 5.91 Å². The van der Waals surface area contributed by atoms with Crippen LogP contribution in [-0.4, -0.2) is 27.6 Å². The smallest absolute Gasteiger partial charge is 0.251 e. The molecule has 5 aromatic rings. The van der Waals surface area contributed by atoms with Gasteiger partial charge in [-0.2, -0.15) is 0 Å². The van der Waals surface area contributed by atoms with Crippen molar-refractivity contribution in [1.29, 1.82) is 0 Å². The van der Waals surface area contributed by atoms with Gasteiger partial charge in [0, 0.05) is 35.2 Å². The maximum Gasteiger partial charge on any atom is 0.251 e. The van der Waals surface area contributed by atoms with Crippen molar-refractivity contribution < 1.29 is 13.6 Å². The van der Waals surface area contributed by atoms with E-state index < -0.39 is 0 Å². The van der Waals surface area contributed by atoms with Crippen LogP contribution in [0.3, 0.4) is 0 Å². The first kappa shape index (κ1) is 22.3. The van der Waals surface area contributed by atoms with Crippen molar-refractivity contribution in [3.8, 4) is 34.4 Å². The number of oxazole rings is 1. The molecular weight excluding hydrogens is 440 g/mol. The van der Waals surface area contributed by atoms with Crippen LogP contribution in [0.15, 0.2) is 87.9 Å². The van der Waals surface area contributed by atoms with Crippen molar-refractivity contribution in [3.05, 3.63) is 101 Å². The number of aryl methyl sites for hydroxylation is 2. The number of nitrogens with one attached hydrogen (secondary N) is 1. The second-order valence-electron chi connectivity index (χ2n) is 8.32. The van der Waals surface area contributed by atoms with Crippen molar-refractivity contribution in [2.45, 2.75) is 20.3 Å². The van der Waals surface area contributed by atoms with E-state index in [0.29, 0.717) is 36.2 Å². The molecule has 0 unspecified atom stereocenters. The molecule has 0 fully saturated rings. The minimum absolute atomic E-state index is 0.162. The van der Waals surface area contributed by atoms with Crippen molar-refractivity contribution in [2.75, 3.05) is 6.54 Å². The summed E-state index contributed by atoms with van der Waals surface area (Å²) in [6.07, 6.45) is 2.20. The van der Waals surface area contributed by atoms with Crippen molar-refractivity contribution in [1.82, 2.24) is 20.5 Å². The number of rotatable bonds is 7. The highest BCUT2D eigenvalue weighted by atomic mass is 16.4. The molecule has 0 radical (unpaired) electrons. The standard InChI is InChI=1S/C28H24N4O3/c1-18-7-9-21(10-8-18)26-30-23(17-34-26)15-16-29-25(33)20-11-13-22(14-12-20)27-31-32-28(35-27)24-6-4-3-5-19(24)2/h3-14,17H,15-16H2,1-2H3,(H,29,33). The molecular formula is C28H24N4O3. The zero-order valence-electron chi connectivity index (χ0n) is 19.5.